The van der Waals surface area contributed by atoms with Crippen molar-refractivity contribution in [2.75, 3.05) is 19.5 Å². The van der Waals surface area contributed by atoms with E-state index in [2.05, 4.69) is 15.0 Å². The number of aromatic nitrogens is 4. The third-order valence-corrected chi connectivity index (χ3v) is 6.93. The molecule has 0 radical (unpaired) electrons. The van der Waals surface area contributed by atoms with Crippen molar-refractivity contribution in [2.45, 2.75) is 34.6 Å². The predicted molar refractivity (Wildman–Crippen MR) is 106 cm³/mol. The normalized spacial score (nSPS) is 30.5. The zero-order valence-electron chi connectivity index (χ0n) is 16.0. The van der Waals surface area contributed by atoms with Crippen LogP contribution in [0.4, 0.5) is 10.2 Å². The van der Waals surface area contributed by atoms with Crippen molar-refractivity contribution >= 4 is 36.6 Å². The smallest absolute Gasteiger partial charge is 0.382 e. The summed E-state index contributed by atoms with van der Waals surface area (Å²) in [5, 5.41) is 0.438. The van der Waals surface area contributed by atoms with Crippen LogP contribution in [-0.2, 0) is 23.1 Å². The Kier molecular flexibility index (Phi) is 5.21. The monoisotopic (exact) mass is 469 g/mol. The molecule has 5 atom stereocenters. The number of nitrogen functional groups attached to an aromatic ring is 1. The molecule has 164 valence electrons. The van der Waals surface area contributed by atoms with E-state index in [1.807, 2.05) is 0 Å². The Hall–Kier alpha value is -2.12. The van der Waals surface area contributed by atoms with Crippen LogP contribution in [0.15, 0.2) is 40.6 Å². The lowest BCUT2D eigenvalue weighted by molar-refractivity contribution is -0.0690. The molecule has 2 saturated heterocycles. The fourth-order valence-corrected chi connectivity index (χ4v) is 5.46. The number of halogens is 1. The number of hydrogen-bond donors (Lipinski definition) is 2. The maximum Gasteiger partial charge on any atom is 0.472 e. The zero-order chi connectivity index (χ0) is 21.8. The average molecular weight is 469 g/mol. The Morgan fingerprint density at radius 2 is 2.13 bits per heavy atom. The van der Waals surface area contributed by atoms with Crippen molar-refractivity contribution in [3.05, 3.63) is 36.4 Å². The van der Waals surface area contributed by atoms with Gasteiger partial charge in [0.2, 0.25) is 0 Å². The van der Waals surface area contributed by atoms with Crippen LogP contribution in [0.25, 0.3) is 11.2 Å². The minimum Gasteiger partial charge on any atom is -0.382 e. The largest absolute Gasteiger partial charge is 0.472 e. The molecule has 14 heteroatoms. The molecule has 2 aliphatic rings. The van der Waals surface area contributed by atoms with Crippen molar-refractivity contribution in [1.29, 1.82) is 0 Å². The number of methoxy groups -OCH3 is 1. The van der Waals surface area contributed by atoms with Crippen LogP contribution in [0, 0.1) is 5.82 Å². The van der Waals surface area contributed by atoms with Crippen LogP contribution in [-0.4, -0.2) is 56.4 Å². The van der Waals surface area contributed by atoms with E-state index in [0.29, 0.717) is 21.2 Å². The lowest BCUT2D eigenvalue weighted by Crippen LogP contribution is -2.40. The quantitative estimate of drug-likeness (QED) is 0.542. The minimum absolute atomic E-state index is 0.140. The first-order valence-electron chi connectivity index (χ1n) is 9.12. The Morgan fingerprint density at radius 3 is 2.87 bits per heavy atom. The Bertz CT molecular complexity index is 1180. The molecule has 2 aliphatic heterocycles. The van der Waals surface area contributed by atoms with Crippen molar-refractivity contribution in [3.63, 3.8) is 0 Å². The summed E-state index contributed by atoms with van der Waals surface area (Å²) in [5.74, 6) is -0.185. The van der Waals surface area contributed by atoms with Gasteiger partial charge in [0.1, 0.15) is 30.5 Å². The molecule has 5 rings (SSSR count). The molecule has 2 fully saturated rings. The highest BCUT2D eigenvalue weighted by atomic mass is 32.2. The fraction of sp³-hybridized carbons (Fsp3) is 0.353. The molecular formula is C17H17FN5O6PS. The van der Waals surface area contributed by atoms with Crippen LogP contribution >= 0.6 is 19.6 Å². The molecular weight excluding hydrogens is 452 g/mol. The number of nitrogens with two attached hydrogens (primary N) is 1. The van der Waals surface area contributed by atoms with Crippen molar-refractivity contribution in [3.8, 4) is 0 Å². The lowest BCUT2D eigenvalue weighted by Gasteiger charge is -2.29. The van der Waals surface area contributed by atoms with E-state index >= 15 is 0 Å². The zero-order valence-corrected chi connectivity index (χ0v) is 17.7. The van der Waals surface area contributed by atoms with E-state index < -0.39 is 32.4 Å². The number of phosphoric ester groups is 1. The van der Waals surface area contributed by atoms with E-state index in [1.165, 1.54) is 37.3 Å². The molecule has 3 N–H and O–H groups in total. The van der Waals surface area contributed by atoms with E-state index in [0.717, 1.165) is 0 Å². The van der Waals surface area contributed by atoms with Gasteiger partial charge in [0.25, 0.3) is 0 Å². The van der Waals surface area contributed by atoms with Crippen LogP contribution < -0.4 is 5.73 Å². The first kappa shape index (κ1) is 20.8. The predicted octanol–water partition coefficient (Wildman–Crippen LogP) is 2.13. The molecule has 1 aromatic carbocycles. The number of hydrogen-bond acceptors (Lipinski definition) is 10. The number of ether oxygens (including phenoxy) is 2. The third kappa shape index (κ3) is 3.72. The second kappa shape index (κ2) is 7.78. The van der Waals surface area contributed by atoms with Crippen LogP contribution in [0.1, 0.15) is 6.23 Å². The molecule has 2 aromatic heterocycles. The molecule has 11 nitrogen and oxygen atoms in total. The molecule has 0 saturated carbocycles. The van der Waals surface area contributed by atoms with Crippen LogP contribution in [0.2, 0.25) is 0 Å². The van der Waals surface area contributed by atoms with Crippen LogP contribution in [0.5, 0.6) is 0 Å². The first-order chi connectivity index (χ1) is 14.9. The number of anilines is 1. The van der Waals surface area contributed by atoms with Gasteiger partial charge in [-0.3, -0.25) is 13.6 Å². The van der Waals surface area contributed by atoms with Crippen molar-refractivity contribution < 1.29 is 32.4 Å². The molecule has 0 aliphatic carbocycles. The van der Waals surface area contributed by atoms with E-state index in [9.17, 15) is 13.8 Å². The maximum absolute atomic E-state index is 13.3. The van der Waals surface area contributed by atoms with Crippen molar-refractivity contribution in [2.24, 2.45) is 0 Å². The van der Waals surface area contributed by atoms with E-state index in [4.69, 9.17) is 24.3 Å². The Morgan fingerprint density at radius 1 is 1.35 bits per heavy atom. The standard InChI is InChI=1S/C17H17FN5O6PS/c1-26-13-12-10(6-27-30(24,25)29-12)28-16(13)23-15-11(14(19)20-7-21-15)22-17(23)31-9-4-2-8(18)3-5-9/h2-5,7,10,12-13,16H,6H2,1H3,(H,24,25)(H2,19,20,21)/t10-,12-,13-,16-/m1/s1. The van der Waals surface area contributed by atoms with Gasteiger partial charge in [-0.2, -0.15) is 0 Å². The van der Waals surface area contributed by atoms with Gasteiger partial charge in [0, 0.05) is 12.0 Å². The fourth-order valence-electron chi connectivity index (χ4n) is 3.60. The highest BCUT2D eigenvalue weighted by Crippen LogP contribution is 2.53. The second-order valence-corrected chi connectivity index (χ2v) is 9.30. The number of benzene rings is 1. The highest BCUT2D eigenvalue weighted by molar-refractivity contribution is 7.99. The van der Waals surface area contributed by atoms with Gasteiger partial charge >= 0.3 is 7.82 Å². The van der Waals surface area contributed by atoms with E-state index in [1.54, 1.807) is 16.7 Å². The molecule has 3 aromatic rings. The molecule has 4 heterocycles. The first-order valence-corrected chi connectivity index (χ1v) is 11.4. The highest BCUT2D eigenvalue weighted by Gasteiger charge is 2.54. The molecule has 0 spiro atoms. The van der Waals surface area contributed by atoms with Gasteiger partial charge in [-0.15, -0.1) is 0 Å². The Labute approximate surface area is 179 Å². The summed E-state index contributed by atoms with van der Waals surface area (Å²) < 4.78 is 48.7. The molecule has 0 bridgehead atoms. The summed E-state index contributed by atoms with van der Waals surface area (Å²) in [6.07, 6.45) is -1.78. The van der Waals surface area contributed by atoms with E-state index in [-0.39, 0.29) is 18.2 Å². The number of phosphoric acid groups is 1. The number of fused-ring (bicyclic) bond motifs is 2. The van der Waals surface area contributed by atoms with Gasteiger partial charge in [0.15, 0.2) is 28.4 Å². The van der Waals surface area contributed by atoms with Gasteiger partial charge in [0.05, 0.1) is 6.61 Å². The minimum atomic E-state index is -4.21. The SMILES string of the molecule is CO[C@@H]1[C@@H]2OP(=O)(O)OC[C@H]2O[C@H]1n1c(Sc2ccc(F)cc2)nc2c(N)ncnc21. The number of rotatable bonds is 4. The molecule has 31 heavy (non-hydrogen) atoms. The maximum atomic E-state index is 13.3. The summed E-state index contributed by atoms with van der Waals surface area (Å²) in [6, 6.07) is 5.90. The average Bonchev–Trinajstić information content (AvgIpc) is 3.26. The third-order valence-electron chi connectivity index (χ3n) is 4.96. The second-order valence-electron chi connectivity index (χ2n) is 6.85. The van der Waals surface area contributed by atoms with Gasteiger partial charge in [-0.05, 0) is 24.3 Å². The number of imidazole rings is 1. The lowest BCUT2D eigenvalue weighted by atomic mass is 10.1. The summed E-state index contributed by atoms with van der Waals surface area (Å²) in [4.78, 5) is 23.3. The number of nitrogens with zero attached hydrogens (tertiary/aromatic N) is 4. The molecule has 1 unspecified atom stereocenters. The van der Waals surface area contributed by atoms with Gasteiger partial charge in [-0.1, -0.05) is 11.8 Å². The topological polar surface area (TPSA) is 144 Å². The summed E-state index contributed by atoms with van der Waals surface area (Å²) in [6.45, 7) is -0.140. The van der Waals surface area contributed by atoms with Gasteiger partial charge < -0.3 is 20.1 Å². The Balaban J connectivity index is 1.60. The summed E-state index contributed by atoms with van der Waals surface area (Å²) in [7, 11) is -2.76. The van der Waals surface area contributed by atoms with Gasteiger partial charge in [-0.25, -0.2) is 23.9 Å². The van der Waals surface area contributed by atoms with Crippen molar-refractivity contribution in [1.82, 2.24) is 19.5 Å². The summed E-state index contributed by atoms with van der Waals surface area (Å²) in [5.41, 5.74) is 6.73. The molecule has 0 amide bonds. The summed E-state index contributed by atoms with van der Waals surface area (Å²) >= 11 is 1.24. The van der Waals surface area contributed by atoms with Crippen LogP contribution in [0.3, 0.4) is 0 Å².